The smallest absolute Gasteiger partial charge is 0.386 e. The molecule has 3 nitrogen and oxygen atoms in total. The Labute approximate surface area is 62.6 Å². The summed E-state index contributed by atoms with van der Waals surface area (Å²) in [7, 11) is 1.15. The number of methoxy groups -OCH3 is 1. The Morgan fingerprint density at radius 1 is 1.55 bits per heavy atom. The summed E-state index contributed by atoms with van der Waals surface area (Å²) in [5.74, 6) is -0.689. The van der Waals surface area contributed by atoms with Crippen LogP contribution in [0.3, 0.4) is 0 Å². The molecular weight excluding hydrogens is 158 g/mol. The van der Waals surface area contributed by atoms with E-state index in [0.29, 0.717) is 6.26 Å². The lowest BCUT2D eigenvalue weighted by Gasteiger charge is -1.99. The van der Waals surface area contributed by atoms with Crippen LogP contribution in [0.15, 0.2) is 11.8 Å². The number of carbonyl (C=O) groups excluding carboxylic acids is 1. The first-order chi connectivity index (χ1) is 5.07. The topological polar surface area (TPSA) is 35.5 Å². The van der Waals surface area contributed by atoms with Crippen LogP contribution in [0.4, 0.5) is 8.78 Å². The van der Waals surface area contributed by atoms with E-state index in [1.807, 2.05) is 0 Å². The molecule has 0 aromatic rings. The average Bonchev–Trinajstić information content (AvgIpc) is 1.98. The first-order valence-electron chi connectivity index (χ1n) is 2.76. The minimum absolute atomic E-state index is 0.00667. The van der Waals surface area contributed by atoms with Gasteiger partial charge in [-0.15, -0.1) is 0 Å². The van der Waals surface area contributed by atoms with E-state index in [-0.39, 0.29) is 5.57 Å². The summed E-state index contributed by atoms with van der Waals surface area (Å²) in [6, 6.07) is 0. The largest absolute Gasteiger partial charge is 0.466 e. The zero-order chi connectivity index (χ0) is 8.85. The third kappa shape index (κ3) is 4.30. The Morgan fingerprint density at radius 3 is 2.45 bits per heavy atom. The zero-order valence-electron chi connectivity index (χ0n) is 6.14. The molecule has 0 unspecified atom stereocenters. The molecule has 0 aliphatic carbocycles. The van der Waals surface area contributed by atoms with Gasteiger partial charge in [0.15, 0.2) is 0 Å². The van der Waals surface area contributed by atoms with Gasteiger partial charge in [0.25, 0.3) is 0 Å². The van der Waals surface area contributed by atoms with Crippen molar-refractivity contribution in [1.82, 2.24) is 0 Å². The number of halogens is 2. The summed E-state index contributed by atoms with van der Waals surface area (Å²) in [5.41, 5.74) is -0.00667. The predicted octanol–water partition coefficient (Wildman–Crippen LogP) is 1.30. The number of hydrogen-bond acceptors (Lipinski definition) is 3. The molecule has 0 aromatic carbocycles. The van der Waals surface area contributed by atoms with Gasteiger partial charge in [-0.1, -0.05) is 0 Å². The lowest BCUT2D eigenvalue weighted by Crippen LogP contribution is -2.03. The maximum Gasteiger partial charge on any atom is 0.386 e. The minimum atomic E-state index is -2.91. The number of hydrogen-bond donors (Lipinski definition) is 0. The van der Waals surface area contributed by atoms with Crippen LogP contribution in [0.5, 0.6) is 0 Å². The quantitative estimate of drug-likeness (QED) is 0.360. The Morgan fingerprint density at radius 2 is 2.09 bits per heavy atom. The maximum absolute atomic E-state index is 11.3. The highest BCUT2D eigenvalue weighted by Crippen LogP contribution is 2.00. The molecule has 0 fully saturated rings. The Kier molecular flexibility index (Phi) is 4.17. The van der Waals surface area contributed by atoms with Crippen LogP contribution >= 0.6 is 0 Å². The van der Waals surface area contributed by atoms with Gasteiger partial charge in [-0.3, -0.25) is 0 Å². The molecule has 0 atom stereocenters. The molecule has 0 saturated carbocycles. The molecule has 0 N–H and O–H groups in total. The zero-order valence-corrected chi connectivity index (χ0v) is 6.14. The molecule has 0 rings (SSSR count). The van der Waals surface area contributed by atoms with Gasteiger partial charge >= 0.3 is 12.6 Å². The van der Waals surface area contributed by atoms with E-state index in [1.165, 1.54) is 6.92 Å². The van der Waals surface area contributed by atoms with Crippen LogP contribution in [0.25, 0.3) is 0 Å². The summed E-state index contributed by atoms with van der Waals surface area (Å²) in [5, 5.41) is 0. The van der Waals surface area contributed by atoms with Crippen molar-refractivity contribution < 1.29 is 23.0 Å². The van der Waals surface area contributed by atoms with Crippen molar-refractivity contribution in [1.29, 1.82) is 0 Å². The standard InChI is InChI=1S/C6H8F2O3/c1-4(5(9)10-2)3-11-6(7)8/h3,6H,1-2H3/b4-3+. The van der Waals surface area contributed by atoms with Crippen LogP contribution < -0.4 is 0 Å². The van der Waals surface area contributed by atoms with E-state index in [9.17, 15) is 13.6 Å². The Hall–Kier alpha value is -1.13. The van der Waals surface area contributed by atoms with Crippen molar-refractivity contribution >= 4 is 5.97 Å². The van der Waals surface area contributed by atoms with E-state index in [2.05, 4.69) is 9.47 Å². The molecule has 0 saturated heterocycles. The van der Waals surface area contributed by atoms with Crippen LogP contribution in [0, 0.1) is 0 Å². The fraction of sp³-hybridized carbons (Fsp3) is 0.500. The van der Waals surface area contributed by atoms with E-state index < -0.39 is 12.6 Å². The van der Waals surface area contributed by atoms with Crippen molar-refractivity contribution in [3.63, 3.8) is 0 Å². The number of esters is 1. The Bertz CT molecular complexity index is 165. The monoisotopic (exact) mass is 166 g/mol. The second kappa shape index (κ2) is 4.65. The molecule has 0 spiro atoms. The summed E-state index contributed by atoms with van der Waals surface area (Å²) >= 11 is 0. The summed E-state index contributed by atoms with van der Waals surface area (Å²) in [6.07, 6.45) is 0.663. The SMILES string of the molecule is COC(=O)/C(C)=C/OC(F)F. The summed E-state index contributed by atoms with van der Waals surface area (Å²) < 4.78 is 30.6. The van der Waals surface area contributed by atoms with E-state index in [0.717, 1.165) is 7.11 Å². The molecular formula is C6H8F2O3. The van der Waals surface area contributed by atoms with Crippen LogP contribution in [-0.2, 0) is 14.3 Å². The van der Waals surface area contributed by atoms with Gasteiger partial charge < -0.3 is 9.47 Å². The van der Waals surface area contributed by atoms with Gasteiger partial charge in [-0.05, 0) is 6.92 Å². The molecule has 0 aromatic heterocycles. The third-order valence-electron chi connectivity index (χ3n) is 0.855. The fourth-order valence-electron chi connectivity index (χ4n) is 0.363. The summed E-state index contributed by atoms with van der Waals surface area (Å²) in [6.45, 7) is -1.59. The molecule has 64 valence electrons. The molecule has 0 heterocycles. The van der Waals surface area contributed by atoms with Crippen LogP contribution in [0.1, 0.15) is 6.92 Å². The second-order valence-corrected chi connectivity index (χ2v) is 1.69. The number of carbonyl (C=O) groups is 1. The maximum atomic E-state index is 11.3. The second-order valence-electron chi connectivity index (χ2n) is 1.69. The summed E-state index contributed by atoms with van der Waals surface area (Å²) in [4.78, 5) is 10.5. The van der Waals surface area contributed by atoms with Gasteiger partial charge in [-0.25, -0.2) is 4.79 Å². The molecule has 0 radical (unpaired) electrons. The van der Waals surface area contributed by atoms with Gasteiger partial charge in [0, 0.05) is 0 Å². The van der Waals surface area contributed by atoms with E-state index >= 15 is 0 Å². The predicted molar refractivity (Wildman–Crippen MR) is 32.9 cm³/mol. The highest BCUT2D eigenvalue weighted by molar-refractivity contribution is 5.87. The first kappa shape index (κ1) is 9.87. The lowest BCUT2D eigenvalue weighted by atomic mass is 10.3. The molecule has 0 bridgehead atoms. The van der Waals surface area contributed by atoms with Gasteiger partial charge in [-0.2, -0.15) is 8.78 Å². The highest BCUT2D eigenvalue weighted by Gasteiger charge is 2.05. The van der Waals surface area contributed by atoms with Gasteiger partial charge in [0.1, 0.15) is 0 Å². The number of ether oxygens (including phenoxy) is 2. The van der Waals surface area contributed by atoms with E-state index in [1.54, 1.807) is 0 Å². The van der Waals surface area contributed by atoms with Crippen molar-refractivity contribution in [2.75, 3.05) is 7.11 Å². The van der Waals surface area contributed by atoms with Crippen molar-refractivity contribution in [3.8, 4) is 0 Å². The minimum Gasteiger partial charge on any atom is -0.466 e. The van der Waals surface area contributed by atoms with Crippen molar-refractivity contribution in [2.24, 2.45) is 0 Å². The molecule has 5 heteroatoms. The first-order valence-corrected chi connectivity index (χ1v) is 2.76. The molecule has 11 heavy (non-hydrogen) atoms. The van der Waals surface area contributed by atoms with Gasteiger partial charge in [0.2, 0.25) is 0 Å². The highest BCUT2D eigenvalue weighted by atomic mass is 19.3. The Balaban J connectivity index is 3.90. The molecule has 0 aliphatic rings. The average molecular weight is 166 g/mol. The third-order valence-corrected chi connectivity index (χ3v) is 0.855. The molecule has 0 aliphatic heterocycles. The van der Waals surface area contributed by atoms with Crippen LogP contribution in [0.2, 0.25) is 0 Å². The van der Waals surface area contributed by atoms with E-state index in [4.69, 9.17) is 0 Å². The molecule has 0 amide bonds. The lowest BCUT2D eigenvalue weighted by molar-refractivity contribution is -0.136. The number of alkyl halides is 2. The van der Waals surface area contributed by atoms with Gasteiger partial charge in [0.05, 0.1) is 18.9 Å². The van der Waals surface area contributed by atoms with Crippen molar-refractivity contribution in [3.05, 3.63) is 11.8 Å². The fourth-order valence-corrected chi connectivity index (χ4v) is 0.363. The van der Waals surface area contributed by atoms with Crippen LogP contribution in [-0.4, -0.2) is 19.7 Å². The normalized spacial score (nSPS) is 11.5. The number of rotatable bonds is 3. The van der Waals surface area contributed by atoms with Crippen molar-refractivity contribution in [2.45, 2.75) is 13.5 Å².